The minimum absolute atomic E-state index is 0.0521. The fourth-order valence-corrected chi connectivity index (χ4v) is 4.39. The van der Waals surface area contributed by atoms with Crippen LogP contribution in [0.25, 0.3) is 0 Å². The summed E-state index contributed by atoms with van der Waals surface area (Å²) in [6.45, 7) is 5.82. The molecule has 0 N–H and O–H groups in total. The van der Waals surface area contributed by atoms with Crippen molar-refractivity contribution in [3.8, 4) is 5.75 Å². The first-order chi connectivity index (χ1) is 14.0. The lowest BCUT2D eigenvalue weighted by atomic mass is 10.1. The van der Waals surface area contributed by atoms with Gasteiger partial charge < -0.3 is 19.1 Å². The van der Waals surface area contributed by atoms with Gasteiger partial charge in [-0.15, -0.1) is 0 Å². The Bertz CT molecular complexity index is 850. The Morgan fingerprint density at radius 1 is 1.28 bits per heavy atom. The lowest BCUT2D eigenvalue weighted by Crippen LogP contribution is -2.50. The summed E-state index contributed by atoms with van der Waals surface area (Å²) in [6.07, 6.45) is 2.02. The number of benzene rings is 1. The van der Waals surface area contributed by atoms with Crippen molar-refractivity contribution in [2.45, 2.75) is 38.4 Å². The number of para-hydroxylation sites is 1. The summed E-state index contributed by atoms with van der Waals surface area (Å²) in [7, 11) is 4.18. The monoisotopic (exact) mass is 398 g/mol. The van der Waals surface area contributed by atoms with E-state index in [-0.39, 0.29) is 18.0 Å². The zero-order valence-corrected chi connectivity index (χ0v) is 17.5. The van der Waals surface area contributed by atoms with Crippen LogP contribution >= 0.6 is 0 Å². The third kappa shape index (κ3) is 4.46. The van der Waals surface area contributed by atoms with Crippen molar-refractivity contribution in [3.63, 3.8) is 0 Å². The molecule has 3 heterocycles. The normalized spacial score (nSPS) is 22.4. The Kier molecular flexibility index (Phi) is 5.87. The number of fused-ring (bicyclic) bond motifs is 1. The Labute approximate surface area is 172 Å². The molecule has 1 aromatic carbocycles. The van der Waals surface area contributed by atoms with Gasteiger partial charge in [0.1, 0.15) is 12.4 Å². The number of carbonyl (C=O) groups excluding carboxylic acids is 1. The van der Waals surface area contributed by atoms with Gasteiger partial charge in [-0.2, -0.15) is 0 Å². The van der Waals surface area contributed by atoms with Gasteiger partial charge in [0, 0.05) is 43.9 Å². The minimum atomic E-state index is -0.0521. The van der Waals surface area contributed by atoms with Crippen LogP contribution in [0.2, 0.25) is 0 Å². The Balaban J connectivity index is 1.53. The average molecular weight is 399 g/mol. The summed E-state index contributed by atoms with van der Waals surface area (Å²) < 4.78 is 11.4. The van der Waals surface area contributed by atoms with Crippen LogP contribution in [0.3, 0.4) is 0 Å². The number of nitrogens with zero attached hydrogens (tertiary/aromatic N) is 4. The number of ether oxygens (including phenoxy) is 1. The number of carbonyl (C=O) groups is 1. The number of likely N-dealkylation sites (N-methyl/N-ethyl adjacent to an activating group) is 1. The largest absolute Gasteiger partial charge is 0.492 e. The number of likely N-dealkylation sites (tertiary alicyclic amines) is 1. The van der Waals surface area contributed by atoms with E-state index in [9.17, 15) is 4.79 Å². The van der Waals surface area contributed by atoms with Crippen molar-refractivity contribution in [2.75, 3.05) is 40.3 Å². The van der Waals surface area contributed by atoms with E-state index >= 15 is 0 Å². The number of hydrogen-bond acceptors (Lipinski definition) is 6. The first-order valence-corrected chi connectivity index (χ1v) is 10.3. The molecule has 0 aliphatic carbocycles. The van der Waals surface area contributed by atoms with Gasteiger partial charge in [0.05, 0.1) is 11.7 Å². The predicted molar refractivity (Wildman–Crippen MR) is 110 cm³/mol. The quantitative estimate of drug-likeness (QED) is 0.771. The molecule has 4 rings (SSSR count). The maximum Gasteiger partial charge on any atom is 0.292 e. The molecule has 7 nitrogen and oxygen atoms in total. The van der Waals surface area contributed by atoms with E-state index in [1.165, 1.54) is 5.56 Å². The summed E-state index contributed by atoms with van der Waals surface area (Å²) in [4.78, 5) is 19.6. The highest BCUT2D eigenvalue weighted by atomic mass is 16.5. The zero-order valence-electron chi connectivity index (χ0n) is 17.5. The van der Waals surface area contributed by atoms with Gasteiger partial charge in [-0.05, 0) is 39.9 Å². The average Bonchev–Trinajstić information content (AvgIpc) is 3.30. The number of rotatable bonds is 5. The smallest absolute Gasteiger partial charge is 0.292 e. The van der Waals surface area contributed by atoms with E-state index in [0.717, 1.165) is 50.5 Å². The molecule has 0 bridgehead atoms. The molecule has 1 amide bonds. The Hall–Kier alpha value is -2.38. The fourth-order valence-electron chi connectivity index (χ4n) is 4.39. The third-order valence-electron chi connectivity index (χ3n) is 5.79. The second kappa shape index (κ2) is 8.55. The molecule has 2 atom stereocenters. The number of aromatic nitrogens is 1. The molecule has 7 heteroatoms. The first kappa shape index (κ1) is 19.9. The van der Waals surface area contributed by atoms with Crippen LogP contribution in [0.4, 0.5) is 0 Å². The predicted octanol–water partition coefficient (Wildman–Crippen LogP) is 2.41. The van der Waals surface area contributed by atoms with Gasteiger partial charge in [0.15, 0.2) is 0 Å². The van der Waals surface area contributed by atoms with Gasteiger partial charge in [-0.3, -0.25) is 9.69 Å². The highest BCUT2D eigenvalue weighted by Crippen LogP contribution is 2.28. The van der Waals surface area contributed by atoms with E-state index in [1.807, 2.05) is 24.0 Å². The SMILES string of the molecule is Cc1cc(C(=O)N2CCC[C@@H]2CN2Cc3ccccc3OC[C@@H]2CN(C)C)on1. The van der Waals surface area contributed by atoms with Crippen LogP contribution in [-0.2, 0) is 6.54 Å². The van der Waals surface area contributed by atoms with Crippen molar-refractivity contribution >= 4 is 5.91 Å². The molecule has 29 heavy (non-hydrogen) atoms. The molecule has 2 aliphatic heterocycles. The molecule has 0 radical (unpaired) electrons. The van der Waals surface area contributed by atoms with Crippen LogP contribution in [0.5, 0.6) is 5.75 Å². The van der Waals surface area contributed by atoms with E-state index in [2.05, 4.69) is 41.2 Å². The number of amides is 1. The summed E-state index contributed by atoms with van der Waals surface area (Å²) in [5.74, 6) is 1.25. The van der Waals surface area contributed by atoms with Gasteiger partial charge in [0.25, 0.3) is 5.91 Å². The lowest BCUT2D eigenvalue weighted by Gasteiger charge is -2.35. The Morgan fingerprint density at radius 3 is 2.86 bits per heavy atom. The van der Waals surface area contributed by atoms with Gasteiger partial charge in [-0.25, -0.2) is 0 Å². The molecule has 2 aliphatic rings. The van der Waals surface area contributed by atoms with Crippen LogP contribution in [-0.4, -0.2) is 78.2 Å². The van der Waals surface area contributed by atoms with Crippen LogP contribution < -0.4 is 4.74 Å². The molecule has 1 aromatic heterocycles. The molecular formula is C22H30N4O3. The van der Waals surface area contributed by atoms with Gasteiger partial charge >= 0.3 is 0 Å². The summed E-state index contributed by atoms with van der Waals surface area (Å²) >= 11 is 0. The minimum Gasteiger partial charge on any atom is -0.492 e. The van der Waals surface area contributed by atoms with E-state index in [1.54, 1.807) is 6.07 Å². The van der Waals surface area contributed by atoms with Crippen molar-refractivity contribution in [2.24, 2.45) is 0 Å². The third-order valence-corrected chi connectivity index (χ3v) is 5.79. The van der Waals surface area contributed by atoms with Crippen molar-refractivity contribution < 1.29 is 14.1 Å². The summed E-state index contributed by atoms with van der Waals surface area (Å²) in [5.41, 5.74) is 1.94. The van der Waals surface area contributed by atoms with Gasteiger partial charge in [-0.1, -0.05) is 23.4 Å². The summed E-state index contributed by atoms with van der Waals surface area (Å²) in [6, 6.07) is 10.4. The van der Waals surface area contributed by atoms with Crippen LogP contribution in [0, 0.1) is 6.92 Å². The molecular weight excluding hydrogens is 368 g/mol. The highest BCUT2D eigenvalue weighted by molar-refractivity contribution is 5.91. The molecule has 0 unspecified atom stereocenters. The van der Waals surface area contributed by atoms with Gasteiger partial charge in [0.2, 0.25) is 5.76 Å². The maximum atomic E-state index is 13.0. The standard InChI is InChI=1S/C22H30N4O3/c1-16-11-21(29-23-16)22(27)26-10-6-8-18(26)14-25-12-17-7-4-5-9-20(17)28-15-19(25)13-24(2)3/h4-5,7,9,11,18-19H,6,8,10,12-15H2,1-3H3/t18-,19+/m1/s1. The molecule has 156 valence electrons. The second-order valence-electron chi connectivity index (χ2n) is 8.39. The zero-order chi connectivity index (χ0) is 20.4. The molecule has 1 saturated heterocycles. The van der Waals surface area contributed by atoms with E-state index in [0.29, 0.717) is 12.4 Å². The molecule has 0 saturated carbocycles. The second-order valence-corrected chi connectivity index (χ2v) is 8.39. The fraction of sp³-hybridized carbons (Fsp3) is 0.545. The van der Waals surface area contributed by atoms with Crippen LogP contribution in [0.15, 0.2) is 34.9 Å². The molecule has 2 aromatic rings. The lowest BCUT2D eigenvalue weighted by molar-refractivity contribution is 0.0583. The maximum absolute atomic E-state index is 13.0. The van der Waals surface area contributed by atoms with Crippen molar-refractivity contribution in [1.82, 2.24) is 19.9 Å². The van der Waals surface area contributed by atoms with Crippen molar-refractivity contribution in [3.05, 3.63) is 47.3 Å². The van der Waals surface area contributed by atoms with E-state index < -0.39 is 0 Å². The topological polar surface area (TPSA) is 62.1 Å². The highest BCUT2D eigenvalue weighted by Gasteiger charge is 2.35. The molecule has 1 fully saturated rings. The van der Waals surface area contributed by atoms with Crippen LogP contribution in [0.1, 0.15) is 34.7 Å². The van der Waals surface area contributed by atoms with Crippen molar-refractivity contribution in [1.29, 1.82) is 0 Å². The van der Waals surface area contributed by atoms with E-state index in [4.69, 9.17) is 9.26 Å². The number of hydrogen-bond donors (Lipinski definition) is 0. The molecule has 0 spiro atoms. The summed E-state index contributed by atoms with van der Waals surface area (Å²) in [5, 5.41) is 3.88. The first-order valence-electron chi connectivity index (χ1n) is 10.3. The number of aryl methyl sites for hydroxylation is 1. The Morgan fingerprint density at radius 2 is 2.10 bits per heavy atom.